The number of methoxy groups -OCH3 is 1. The molecule has 1 N–H and O–H groups in total. The Morgan fingerprint density at radius 2 is 2.07 bits per heavy atom. The Hall–Kier alpha value is -1.94. The van der Waals surface area contributed by atoms with Crippen molar-refractivity contribution >= 4 is 11.9 Å². The summed E-state index contributed by atoms with van der Waals surface area (Å²) in [4.78, 5) is 24.3. The number of aliphatic hydroxyl groups excluding tert-OH is 1. The topological polar surface area (TPSA) is 66.8 Å². The smallest absolute Gasteiger partial charge is 0.327 e. The van der Waals surface area contributed by atoms with Gasteiger partial charge in [-0.1, -0.05) is 31.9 Å². The molecule has 0 aromatic rings. The van der Waals surface area contributed by atoms with Crippen molar-refractivity contribution in [3.63, 3.8) is 0 Å². The number of nitrogens with zero attached hydrogens (tertiary/aromatic N) is 1. The van der Waals surface area contributed by atoms with Crippen LogP contribution in [0, 0.1) is 17.8 Å². The molecule has 158 valence electrons. The third-order valence-electron chi connectivity index (χ3n) is 4.91. The van der Waals surface area contributed by atoms with Crippen molar-refractivity contribution in [1.82, 2.24) is 4.90 Å². The Morgan fingerprint density at radius 3 is 2.71 bits per heavy atom. The quantitative estimate of drug-likeness (QED) is 0.251. The van der Waals surface area contributed by atoms with Crippen LogP contribution >= 0.6 is 0 Å². The van der Waals surface area contributed by atoms with Gasteiger partial charge in [-0.2, -0.15) is 8.78 Å². The Labute approximate surface area is 166 Å². The number of unbranched alkanes of at least 4 members (excludes halogenated alkanes) is 3. The van der Waals surface area contributed by atoms with Gasteiger partial charge in [0.05, 0.1) is 19.3 Å². The van der Waals surface area contributed by atoms with Crippen molar-refractivity contribution < 1.29 is 28.2 Å². The molecule has 0 radical (unpaired) electrons. The van der Waals surface area contributed by atoms with E-state index in [-0.39, 0.29) is 18.4 Å². The Balaban J connectivity index is 2.55. The SMILES string of the molecule is CC#CC[C@H](C)[C@@H](O)/C=C/[C@H]1CC(F)(F)C(=O)N1CCCCCCC(=O)OC. The van der Waals surface area contributed by atoms with E-state index in [1.54, 1.807) is 6.92 Å². The van der Waals surface area contributed by atoms with Gasteiger partial charge in [0.1, 0.15) is 0 Å². The zero-order chi connectivity index (χ0) is 21.2. The number of ether oxygens (including phenoxy) is 1. The van der Waals surface area contributed by atoms with Gasteiger partial charge in [-0.15, -0.1) is 11.8 Å². The number of carbonyl (C=O) groups excluding carboxylic acids is 2. The molecule has 3 atom stereocenters. The van der Waals surface area contributed by atoms with E-state index in [1.165, 1.54) is 24.2 Å². The van der Waals surface area contributed by atoms with Gasteiger partial charge in [0.15, 0.2) is 0 Å². The fourth-order valence-electron chi connectivity index (χ4n) is 3.08. The summed E-state index contributed by atoms with van der Waals surface area (Å²) in [5.41, 5.74) is 0. The first-order valence-electron chi connectivity index (χ1n) is 9.74. The van der Waals surface area contributed by atoms with E-state index in [0.717, 1.165) is 12.8 Å². The van der Waals surface area contributed by atoms with Gasteiger partial charge in [-0.3, -0.25) is 9.59 Å². The number of rotatable bonds is 11. The fraction of sp³-hybridized carbons (Fsp3) is 0.714. The predicted octanol–water partition coefficient (Wildman–Crippen LogP) is 3.31. The molecule has 5 nitrogen and oxygen atoms in total. The number of halogens is 2. The summed E-state index contributed by atoms with van der Waals surface area (Å²) in [6.45, 7) is 3.78. The molecule has 1 saturated heterocycles. The lowest BCUT2D eigenvalue weighted by Crippen LogP contribution is -2.36. The molecular formula is C21H31F2NO4. The van der Waals surface area contributed by atoms with Gasteiger partial charge in [0.2, 0.25) is 0 Å². The third-order valence-corrected chi connectivity index (χ3v) is 4.91. The number of hydrogen-bond acceptors (Lipinski definition) is 4. The number of hydrogen-bond donors (Lipinski definition) is 1. The van der Waals surface area contributed by atoms with E-state index >= 15 is 0 Å². The summed E-state index contributed by atoms with van der Waals surface area (Å²) in [5, 5.41) is 10.1. The van der Waals surface area contributed by atoms with Crippen LogP contribution in [-0.4, -0.2) is 53.6 Å². The van der Waals surface area contributed by atoms with Gasteiger partial charge in [-0.05, 0) is 25.7 Å². The molecule has 0 saturated carbocycles. The van der Waals surface area contributed by atoms with E-state index in [4.69, 9.17) is 0 Å². The van der Waals surface area contributed by atoms with E-state index in [0.29, 0.717) is 25.7 Å². The van der Waals surface area contributed by atoms with Crippen molar-refractivity contribution in [2.24, 2.45) is 5.92 Å². The molecule has 28 heavy (non-hydrogen) atoms. The average Bonchev–Trinajstić information content (AvgIpc) is 2.89. The van der Waals surface area contributed by atoms with Crippen LogP contribution in [0.4, 0.5) is 8.78 Å². The van der Waals surface area contributed by atoms with Crippen LogP contribution in [0.15, 0.2) is 12.2 Å². The van der Waals surface area contributed by atoms with E-state index < -0.39 is 30.4 Å². The molecular weight excluding hydrogens is 368 g/mol. The van der Waals surface area contributed by atoms with Crippen molar-refractivity contribution in [3.8, 4) is 11.8 Å². The van der Waals surface area contributed by atoms with Crippen molar-refractivity contribution in [2.45, 2.75) is 76.9 Å². The molecule has 0 aliphatic carbocycles. The summed E-state index contributed by atoms with van der Waals surface area (Å²) in [5.74, 6) is 0.728. The minimum atomic E-state index is -3.37. The first kappa shape index (κ1) is 24.1. The normalized spacial score (nSPS) is 20.7. The number of likely N-dealkylation sites (tertiary alicyclic amines) is 1. The first-order valence-corrected chi connectivity index (χ1v) is 9.74. The van der Waals surface area contributed by atoms with Gasteiger partial charge >= 0.3 is 11.9 Å². The van der Waals surface area contributed by atoms with Crippen molar-refractivity contribution in [1.29, 1.82) is 0 Å². The zero-order valence-electron chi connectivity index (χ0n) is 16.9. The fourth-order valence-corrected chi connectivity index (χ4v) is 3.08. The van der Waals surface area contributed by atoms with Gasteiger partial charge < -0.3 is 14.7 Å². The summed E-state index contributed by atoms with van der Waals surface area (Å²) in [7, 11) is 1.34. The maximum Gasteiger partial charge on any atom is 0.327 e. The molecule has 0 unspecified atom stereocenters. The number of aliphatic hydroxyl groups is 1. The Bertz CT molecular complexity index is 609. The van der Waals surface area contributed by atoms with Crippen LogP contribution in [0.1, 0.15) is 58.8 Å². The summed E-state index contributed by atoms with van der Waals surface area (Å²) in [6, 6.07) is -0.725. The molecule has 7 heteroatoms. The van der Waals surface area contributed by atoms with Crippen LogP contribution in [-0.2, 0) is 14.3 Å². The molecule has 1 aliphatic rings. The minimum absolute atomic E-state index is 0.121. The summed E-state index contributed by atoms with van der Waals surface area (Å²) in [6.07, 6.45) is 5.23. The second-order valence-electron chi connectivity index (χ2n) is 7.20. The van der Waals surface area contributed by atoms with E-state index in [2.05, 4.69) is 16.6 Å². The van der Waals surface area contributed by atoms with Crippen LogP contribution < -0.4 is 0 Å². The summed E-state index contributed by atoms with van der Waals surface area (Å²) >= 11 is 0. The van der Waals surface area contributed by atoms with Crippen LogP contribution in [0.3, 0.4) is 0 Å². The highest BCUT2D eigenvalue weighted by Crippen LogP contribution is 2.34. The lowest BCUT2D eigenvalue weighted by molar-refractivity contribution is -0.148. The van der Waals surface area contributed by atoms with Gasteiger partial charge in [0.25, 0.3) is 5.91 Å². The number of carbonyl (C=O) groups is 2. The third kappa shape index (κ3) is 7.59. The maximum atomic E-state index is 13.9. The Morgan fingerprint density at radius 1 is 1.39 bits per heavy atom. The second-order valence-corrected chi connectivity index (χ2v) is 7.20. The van der Waals surface area contributed by atoms with E-state index in [9.17, 15) is 23.5 Å². The molecule has 1 amide bonds. The molecule has 0 aromatic carbocycles. The highest BCUT2D eigenvalue weighted by Gasteiger charge is 2.52. The largest absolute Gasteiger partial charge is 0.469 e. The van der Waals surface area contributed by atoms with Crippen LogP contribution in [0.25, 0.3) is 0 Å². The highest BCUT2D eigenvalue weighted by atomic mass is 19.3. The van der Waals surface area contributed by atoms with Crippen molar-refractivity contribution in [3.05, 3.63) is 12.2 Å². The molecule has 1 fully saturated rings. The number of amides is 1. The molecule has 0 bridgehead atoms. The molecule has 1 rings (SSSR count). The van der Waals surface area contributed by atoms with Gasteiger partial charge in [-0.25, -0.2) is 0 Å². The lowest BCUT2D eigenvalue weighted by atomic mass is 10.00. The first-order chi connectivity index (χ1) is 13.2. The zero-order valence-corrected chi connectivity index (χ0v) is 16.9. The molecule has 1 aliphatic heterocycles. The predicted molar refractivity (Wildman–Crippen MR) is 103 cm³/mol. The standard InChI is InChI=1S/C21H31F2NO4/c1-4-5-10-16(2)18(25)13-12-17-15-21(22,23)20(27)24(17)14-9-7-6-8-11-19(26)28-3/h12-13,16-18,25H,6-11,14-15H2,1-3H3/b13-12+/t16-,17-,18-/m0/s1. The van der Waals surface area contributed by atoms with E-state index in [1.807, 2.05) is 6.92 Å². The summed E-state index contributed by atoms with van der Waals surface area (Å²) < 4.78 is 32.3. The molecule has 0 aromatic heterocycles. The van der Waals surface area contributed by atoms with Crippen LogP contribution in [0.2, 0.25) is 0 Å². The molecule has 0 spiro atoms. The highest BCUT2D eigenvalue weighted by molar-refractivity contribution is 5.86. The van der Waals surface area contributed by atoms with Gasteiger partial charge in [0, 0.05) is 25.8 Å². The monoisotopic (exact) mass is 399 g/mol. The number of esters is 1. The average molecular weight is 399 g/mol. The second kappa shape index (κ2) is 11.8. The molecule has 1 heterocycles. The number of alkyl halides is 2. The lowest BCUT2D eigenvalue weighted by Gasteiger charge is -2.22. The minimum Gasteiger partial charge on any atom is -0.469 e. The van der Waals surface area contributed by atoms with Crippen molar-refractivity contribution in [2.75, 3.05) is 13.7 Å². The Kier molecular flexibility index (Phi) is 10.2. The van der Waals surface area contributed by atoms with Crippen LogP contribution in [0.5, 0.6) is 0 Å². The maximum absolute atomic E-state index is 13.9.